The largest absolute Gasteiger partial charge is 0.447 e. The van der Waals surface area contributed by atoms with Gasteiger partial charge in [-0.3, -0.25) is 0 Å². The summed E-state index contributed by atoms with van der Waals surface area (Å²) in [6.45, 7) is 2.62. The number of hydrogen-bond acceptors (Lipinski definition) is 3. The molecule has 0 atom stereocenters. The molecule has 0 aliphatic carbocycles. The van der Waals surface area contributed by atoms with Crippen LogP contribution in [0.15, 0.2) is 4.99 Å². The lowest BCUT2D eigenvalue weighted by molar-refractivity contribution is 0.155. The van der Waals surface area contributed by atoms with Crippen LogP contribution in [0.2, 0.25) is 0 Å². The molecule has 0 fully saturated rings. The van der Waals surface area contributed by atoms with Gasteiger partial charge < -0.3 is 4.74 Å². The van der Waals surface area contributed by atoms with Gasteiger partial charge in [-0.2, -0.15) is 0 Å². The zero-order valence-corrected chi connectivity index (χ0v) is 15.7. The summed E-state index contributed by atoms with van der Waals surface area (Å²) in [5.74, 6) is 0. The van der Waals surface area contributed by atoms with Gasteiger partial charge in [-0.15, -0.1) is 0 Å². The fourth-order valence-electron chi connectivity index (χ4n) is 2.88. The maximum Gasteiger partial charge on any atom is 0.444 e. The van der Waals surface area contributed by atoms with Gasteiger partial charge in [0.25, 0.3) is 0 Å². The van der Waals surface area contributed by atoms with Crippen LogP contribution in [-0.4, -0.2) is 18.8 Å². The summed E-state index contributed by atoms with van der Waals surface area (Å²) in [6, 6.07) is 0. The highest BCUT2D eigenvalue weighted by molar-refractivity contribution is 5.74. The van der Waals surface area contributed by atoms with E-state index in [1.54, 1.807) is 0 Å². The molecule has 140 valence electrons. The first-order valence-electron chi connectivity index (χ1n) is 10.1. The molecule has 0 aromatic heterocycles. The van der Waals surface area contributed by atoms with Crippen LogP contribution >= 0.6 is 0 Å². The Morgan fingerprint density at radius 2 is 1.08 bits per heavy atom. The predicted molar refractivity (Wildman–Crippen MR) is 99.0 cm³/mol. The van der Waals surface area contributed by atoms with Crippen LogP contribution in [-0.2, 0) is 9.53 Å². The molecule has 0 unspecified atom stereocenters. The Labute approximate surface area is 148 Å². The zero-order valence-electron chi connectivity index (χ0n) is 15.7. The Bertz CT molecular complexity index is 325. The minimum atomic E-state index is -0.828. The minimum absolute atomic E-state index is 0.350. The van der Waals surface area contributed by atoms with Gasteiger partial charge in [0.15, 0.2) is 0 Å². The SMILES string of the molecule is CCCCCCCCCCCCCCCCCCOC(=O)N=C=O. The van der Waals surface area contributed by atoms with Gasteiger partial charge in [0.2, 0.25) is 6.08 Å². The van der Waals surface area contributed by atoms with Crippen molar-refractivity contribution in [3.05, 3.63) is 0 Å². The number of unbranched alkanes of at least 4 members (excludes halogenated alkanes) is 15. The Balaban J connectivity index is 3.05. The minimum Gasteiger partial charge on any atom is -0.447 e. The second-order valence-electron chi connectivity index (χ2n) is 6.62. The highest BCUT2D eigenvalue weighted by atomic mass is 16.5. The van der Waals surface area contributed by atoms with Crippen LogP contribution in [0.3, 0.4) is 0 Å². The number of isocyanates is 1. The Morgan fingerprint density at radius 1 is 0.708 bits per heavy atom. The molecular weight excluding hydrogens is 302 g/mol. The van der Waals surface area contributed by atoms with Gasteiger partial charge in [-0.05, 0) is 6.42 Å². The first kappa shape index (κ1) is 22.9. The van der Waals surface area contributed by atoms with E-state index < -0.39 is 6.09 Å². The van der Waals surface area contributed by atoms with Crippen molar-refractivity contribution in [1.82, 2.24) is 0 Å². The lowest BCUT2D eigenvalue weighted by Gasteiger charge is -2.03. The van der Waals surface area contributed by atoms with E-state index in [-0.39, 0.29) is 0 Å². The standard InChI is InChI=1S/C20H37NO3/c1-2-3-4-5-6-7-8-9-10-11-12-13-14-15-16-17-18-24-20(23)21-19-22/h2-18H2,1H3. The fraction of sp³-hybridized carbons (Fsp3) is 0.900. The van der Waals surface area contributed by atoms with Crippen molar-refractivity contribution in [2.75, 3.05) is 6.61 Å². The lowest BCUT2D eigenvalue weighted by atomic mass is 10.0. The summed E-state index contributed by atoms with van der Waals surface area (Å²) >= 11 is 0. The van der Waals surface area contributed by atoms with Crippen LogP contribution < -0.4 is 0 Å². The molecule has 4 heteroatoms. The molecule has 0 saturated heterocycles. The molecule has 0 N–H and O–H groups in total. The fourth-order valence-corrected chi connectivity index (χ4v) is 2.88. The number of ether oxygens (including phenoxy) is 1. The predicted octanol–water partition coefficient (Wildman–Crippen LogP) is 6.72. The zero-order chi connectivity index (χ0) is 17.7. The summed E-state index contributed by atoms with van der Waals surface area (Å²) < 4.78 is 4.73. The van der Waals surface area contributed by atoms with E-state index in [4.69, 9.17) is 4.74 Å². The summed E-state index contributed by atoms with van der Waals surface area (Å²) in [4.78, 5) is 23.4. The quantitative estimate of drug-likeness (QED) is 0.168. The summed E-state index contributed by atoms with van der Waals surface area (Å²) in [5.41, 5.74) is 0. The molecule has 0 rings (SSSR count). The molecule has 0 radical (unpaired) electrons. The third-order valence-corrected chi connectivity index (χ3v) is 4.36. The average molecular weight is 340 g/mol. The number of hydrogen-bond donors (Lipinski definition) is 0. The highest BCUT2D eigenvalue weighted by Crippen LogP contribution is 2.13. The first-order chi connectivity index (χ1) is 11.8. The van der Waals surface area contributed by atoms with E-state index in [9.17, 15) is 9.59 Å². The number of carbonyl (C=O) groups excluding carboxylic acids is 2. The molecule has 1 amide bonds. The summed E-state index contributed by atoms with van der Waals surface area (Å²) in [6.07, 6.45) is 21.4. The summed E-state index contributed by atoms with van der Waals surface area (Å²) in [7, 11) is 0. The third-order valence-electron chi connectivity index (χ3n) is 4.36. The Morgan fingerprint density at radius 3 is 1.46 bits per heavy atom. The molecule has 24 heavy (non-hydrogen) atoms. The topological polar surface area (TPSA) is 55.7 Å². The number of amides is 1. The van der Waals surface area contributed by atoms with Crippen molar-refractivity contribution in [3.8, 4) is 0 Å². The smallest absolute Gasteiger partial charge is 0.444 e. The van der Waals surface area contributed by atoms with Gasteiger partial charge in [0.1, 0.15) is 0 Å². The van der Waals surface area contributed by atoms with Gasteiger partial charge in [-0.25, -0.2) is 9.59 Å². The molecule has 0 aliphatic rings. The molecule has 0 aliphatic heterocycles. The van der Waals surface area contributed by atoms with Crippen molar-refractivity contribution >= 4 is 12.2 Å². The van der Waals surface area contributed by atoms with Crippen LogP contribution in [0.1, 0.15) is 110 Å². The number of carbonyl (C=O) groups is 1. The highest BCUT2D eigenvalue weighted by Gasteiger charge is 1.98. The maximum atomic E-state index is 10.8. The van der Waals surface area contributed by atoms with Crippen LogP contribution in [0.5, 0.6) is 0 Å². The van der Waals surface area contributed by atoms with Crippen molar-refractivity contribution in [2.24, 2.45) is 4.99 Å². The summed E-state index contributed by atoms with van der Waals surface area (Å²) in [5, 5.41) is 0. The number of rotatable bonds is 17. The Hall–Kier alpha value is -1.15. The molecular formula is C20H37NO3. The molecule has 0 aromatic carbocycles. The maximum absolute atomic E-state index is 10.8. The molecule has 4 nitrogen and oxygen atoms in total. The second-order valence-corrected chi connectivity index (χ2v) is 6.62. The number of nitrogens with zero attached hydrogens (tertiary/aromatic N) is 1. The van der Waals surface area contributed by atoms with E-state index >= 15 is 0 Å². The van der Waals surface area contributed by atoms with E-state index in [0.29, 0.717) is 6.61 Å². The first-order valence-corrected chi connectivity index (χ1v) is 10.1. The van der Waals surface area contributed by atoms with Crippen molar-refractivity contribution in [1.29, 1.82) is 0 Å². The van der Waals surface area contributed by atoms with Crippen molar-refractivity contribution in [2.45, 2.75) is 110 Å². The lowest BCUT2D eigenvalue weighted by Crippen LogP contribution is -2.00. The van der Waals surface area contributed by atoms with E-state index in [0.717, 1.165) is 12.8 Å². The van der Waals surface area contributed by atoms with E-state index in [1.807, 2.05) is 0 Å². The van der Waals surface area contributed by atoms with Crippen molar-refractivity contribution in [3.63, 3.8) is 0 Å². The van der Waals surface area contributed by atoms with Crippen LogP contribution in [0, 0.1) is 0 Å². The second kappa shape index (κ2) is 19.9. The number of aliphatic imine (C=N–C) groups is 1. The monoisotopic (exact) mass is 339 g/mol. The Kier molecular flexibility index (Phi) is 18.9. The third kappa shape index (κ3) is 18.9. The molecule has 0 spiro atoms. The van der Waals surface area contributed by atoms with Gasteiger partial charge in [0.05, 0.1) is 6.61 Å². The van der Waals surface area contributed by atoms with Gasteiger partial charge >= 0.3 is 6.09 Å². The van der Waals surface area contributed by atoms with Gasteiger partial charge in [0, 0.05) is 0 Å². The van der Waals surface area contributed by atoms with Crippen molar-refractivity contribution < 1.29 is 14.3 Å². The normalized spacial score (nSPS) is 10.4. The average Bonchev–Trinajstić information content (AvgIpc) is 2.58. The van der Waals surface area contributed by atoms with Gasteiger partial charge in [-0.1, -0.05) is 108 Å². The van der Waals surface area contributed by atoms with Crippen LogP contribution in [0.25, 0.3) is 0 Å². The van der Waals surface area contributed by atoms with E-state index in [1.165, 1.54) is 96.0 Å². The molecule has 0 aromatic rings. The van der Waals surface area contributed by atoms with E-state index in [2.05, 4.69) is 11.9 Å². The molecule has 0 saturated carbocycles. The molecule has 0 heterocycles. The van der Waals surface area contributed by atoms with Crippen LogP contribution in [0.4, 0.5) is 4.79 Å². The molecule has 0 bridgehead atoms.